The lowest BCUT2D eigenvalue weighted by atomic mass is 10.2. The maximum atomic E-state index is 12.3. The highest BCUT2D eigenvalue weighted by atomic mass is 16.5. The third kappa shape index (κ3) is 3.94. The average molecular weight is 405 g/mol. The maximum Gasteiger partial charge on any atom is 0.343 e. The fourth-order valence-corrected chi connectivity index (χ4v) is 3.55. The molecule has 2 aromatic heterocycles. The van der Waals surface area contributed by atoms with Crippen molar-refractivity contribution in [3.8, 4) is 17.1 Å². The second-order valence-corrected chi connectivity index (χ2v) is 7.15. The number of aromatic nitrogens is 3. The van der Waals surface area contributed by atoms with Gasteiger partial charge in [0.25, 0.3) is 0 Å². The summed E-state index contributed by atoms with van der Waals surface area (Å²) in [7, 11) is 0. The summed E-state index contributed by atoms with van der Waals surface area (Å²) in [6.07, 6.45) is 3.13. The Morgan fingerprint density at radius 2 is 1.52 bits per heavy atom. The van der Waals surface area contributed by atoms with Gasteiger partial charge in [0.1, 0.15) is 11.6 Å². The minimum absolute atomic E-state index is 0.411. The molecule has 0 aliphatic heterocycles. The lowest BCUT2D eigenvalue weighted by Crippen LogP contribution is -2.08. The van der Waals surface area contributed by atoms with E-state index in [1.54, 1.807) is 36.7 Å². The predicted molar refractivity (Wildman–Crippen MR) is 120 cm³/mol. The van der Waals surface area contributed by atoms with Crippen molar-refractivity contribution in [2.45, 2.75) is 6.54 Å². The van der Waals surface area contributed by atoms with Gasteiger partial charge < -0.3 is 9.30 Å². The van der Waals surface area contributed by atoms with Crippen LogP contribution in [-0.4, -0.2) is 20.5 Å². The van der Waals surface area contributed by atoms with Crippen LogP contribution < -0.4 is 4.74 Å². The van der Waals surface area contributed by atoms with Crippen LogP contribution >= 0.6 is 0 Å². The summed E-state index contributed by atoms with van der Waals surface area (Å²) >= 11 is 0. The summed E-state index contributed by atoms with van der Waals surface area (Å²) in [6, 6.07) is 29.1. The number of benzene rings is 3. The van der Waals surface area contributed by atoms with E-state index in [1.165, 1.54) is 5.56 Å². The molecule has 0 saturated carbocycles. The number of pyridine rings is 1. The van der Waals surface area contributed by atoms with Crippen LogP contribution in [0.1, 0.15) is 15.9 Å². The van der Waals surface area contributed by atoms with Crippen LogP contribution in [0.25, 0.3) is 22.4 Å². The molecule has 0 aliphatic carbocycles. The van der Waals surface area contributed by atoms with Gasteiger partial charge in [-0.05, 0) is 54.1 Å². The molecule has 0 saturated heterocycles. The van der Waals surface area contributed by atoms with Gasteiger partial charge in [-0.15, -0.1) is 0 Å². The average Bonchev–Trinajstić information content (AvgIpc) is 3.19. The standard InChI is InChI=1S/C26H19N3O2/c30-26(21-14-16-27-17-15-21)31-22-12-10-20(11-13-22)25-28-23-8-4-5-9-24(23)29(25)18-19-6-2-1-3-7-19/h1-17H,18H2. The molecule has 5 heteroatoms. The Morgan fingerprint density at radius 1 is 0.806 bits per heavy atom. The van der Waals surface area contributed by atoms with Crippen molar-refractivity contribution in [2.24, 2.45) is 0 Å². The van der Waals surface area contributed by atoms with E-state index in [4.69, 9.17) is 9.72 Å². The number of fused-ring (bicyclic) bond motifs is 1. The van der Waals surface area contributed by atoms with E-state index in [-0.39, 0.29) is 0 Å². The van der Waals surface area contributed by atoms with E-state index >= 15 is 0 Å². The molecule has 0 unspecified atom stereocenters. The molecule has 2 heterocycles. The van der Waals surface area contributed by atoms with Crippen molar-refractivity contribution in [1.82, 2.24) is 14.5 Å². The molecule has 0 spiro atoms. The van der Waals surface area contributed by atoms with E-state index in [1.807, 2.05) is 48.5 Å². The Bertz CT molecular complexity index is 1330. The number of hydrogen-bond acceptors (Lipinski definition) is 4. The molecule has 5 aromatic rings. The van der Waals surface area contributed by atoms with Gasteiger partial charge in [0.15, 0.2) is 0 Å². The molecular formula is C26H19N3O2. The Balaban J connectivity index is 1.46. The first-order valence-corrected chi connectivity index (χ1v) is 10.00. The lowest BCUT2D eigenvalue weighted by Gasteiger charge is -2.10. The number of nitrogens with zero attached hydrogens (tertiary/aromatic N) is 3. The van der Waals surface area contributed by atoms with Gasteiger partial charge in [0.2, 0.25) is 0 Å². The third-order valence-corrected chi connectivity index (χ3v) is 5.08. The minimum Gasteiger partial charge on any atom is -0.423 e. The molecule has 3 aromatic carbocycles. The highest BCUT2D eigenvalue weighted by molar-refractivity contribution is 5.91. The number of carbonyl (C=O) groups excluding carboxylic acids is 1. The minimum atomic E-state index is -0.411. The monoisotopic (exact) mass is 405 g/mol. The van der Waals surface area contributed by atoms with Crippen molar-refractivity contribution in [3.05, 3.63) is 115 Å². The van der Waals surface area contributed by atoms with E-state index < -0.39 is 5.97 Å². The summed E-state index contributed by atoms with van der Waals surface area (Å²) in [4.78, 5) is 21.1. The Morgan fingerprint density at radius 3 is 2.29 bits per heavy atom. The normalized spacial score (nSPS) is 10.8. The summed E-state index contributed by atoms with van der Waals surface area (Å²) in [6.45, 7) is 0.718. The molecule has 31 heavy (non-hydrogen) atoms. The SMILES string of the molecule is O=C(Oc1ccc(-c2nc3ccccc3n2Cc2ccccc2)cc1)c1ccncc1. The second-order valence-electron chi connectivity index (χ2n) is 7.15. The van der Waals surface area contributed by atoms with Gasteiger partial charge in [-0.1, -0.05) is 42.5 Å². The maximum absolute atomic E-state index is 12.3. The first-order chi connectivity index (χ1) is 15.3. The van der Waals surface area contributed by atoms with Crippen LogP contribution in [-0.2, 0) is 6.54 Å². The highest BCUT2D eigenvalue weighted by Crippen LogP contribution is 2.27. The molecular weight excluding hydrogens is 386 g/mol. The molecule has 0 aliphatic rings. The largest absolute Gasteiger partial charge is 0.423 e. The molecule has 5 rings (SSSR count). The van der Waals surface area contributed by atoms with Crippen LogP contribution in [0.4, 0.5) is 0 Å². The molecule has 150 valence electrons. The van der Waals surface area contributed by atoms with Gasteiger partial charge in [-0.2, -0.15) is 0 Å². The summed E-state index contributed by atoms with van der Waals surface area (Å²) in [5.41, 5.74) is 4.64. The fourth-order valence-electron chi connectivity index (χ4n) is 3.55. The highest BCUT2D eigenvalue weighted by Gasteiger charge is 2.14. The number of ether oxygens (including phenoxy) is 1. The molecule has 5 nitrogen and oxygen atoms in total. The molecule has 0 bridgehead atoms. The van der Waals surface area contributed by atoms with E-state index in [2.05, 4.69) is 27.8 Å². The summed E-state index contributed by atoms with van der Waals surface area (Å²) in [5, 5.41) is 0. The van der Waals surface area contributed by atoms with Gasteiger partial charge >= 0.3 is 5.97 Å². The van der Waals surface area contributed by atoms with Gasteiger partial charge in [-0.25, -0.2) is 9.78 Å². The number of esters is 1. The Hall–Kier alpha value is -4.25. The second kappa shape index (κ2) is 8.24. The number of para-hydroxylation sites is 2. The van der Waals surface area contributed by atoms with Crippen LogP contribution in [0.5, 0.6) is 5.75 Å². The van der Waals surface area contributed by atoms with Crippen LogP contribution in [0.15, 0.2) is 103 Å². The predicted octanol–water partition coefficient (Wildman–Crippen LogP) is 5.37. The molecule has 0 atom stereocenters. The first-order valence-electron chi connectivity index (χ1n) is 10.00. The van der Waals surface area contributed by atoms with Crippen molar-refractivity contribution in [1.29, 1.82) is 0 Å². The van der Waals surface area contributed by atoms with Crippen molar-refractivity contribution < 1.29 is 9.53 Å². The Labute approximate surface area is 179 Å². The van der Waals surface area contributed by atoms with Crippen molar-refractivity contribution in [3.63, 3.8) is 0 Å². The fraction of sp³-hybridized carbons (Fsp3) is 0.0385. The zero-order valence-corrected chi connectivity index (χ0v) is 16.7. The quantitative estimate of drug-likeness (QED) is 0.292. The smallest absolute Gasteiger partial charge is 0.343 e. The number of imidazole rings is 1. The molecule has 0 amide bonds. The zero-order valence-electron chi connectivity index (χ0n) is 16.7. The van der Waals surface area contributed by atoms with E-state index in [0.717, 1.165) is 29.0 Å². The summed E-state index contributed by atoms with van der Waals surface area (Å²) < 4.78 is 7.69. The number of rotatable bonds is 5. The molecule has 0 N–H and O–H groups in total. The van der Waals surface area contributed by atoms with Crippen molar-refractivity contribution in [2.75, 3.05) is 0 Å². The van der Waals surface area contributed by atoms with Crippen LogP contribution in [0.2, 0.25) is 0 Å². The van der Waals surface area contributed by atoms with Gasteiger partial charge in [0.05, 0.1) is 16.6 Å². The van der Waals surface area contributed by atoms with E-state index in [9.17, 15) is 4.79 Å². The van der Waals surface area contributed by atoms with Gasteiger partial charge in [0, 0.05) is 24.5 Å². The van der Waals surface area contributed by atoms with Crippen LogP contribution in [0, 0.1) is 0 Å². The topological polar surface area (TPSA) is 57.0 Å². The zero-order chi connectivity index (χ0) is 21.0. The third-order valence-electron chi connectivity index (χ3n) is 5.08. The van der Waals surface area contributed by atoms with Gasteiger partial charge in [-0.3, -0.25) is 4.98 Å². The number of carbonyl (C=O) groups is 1. The summed E-state index contributed by atoms with van der Waals surface area (Å²) in [5.74, 6) is 0.944. The molecule has 0 fully saturated rings. The van der Waals surface area contributed by atoms with E-state index in [0.29, 0.717) is 11.3 Å². The lowest BCUT2D eigenvalue weighted by molar-refractivity contribution is 0.0734. The van der Waals surface area contributed by atoms with Crippen molar-refractivity contribution >= 4 is 17.0 Å². The number of hydrogen-bond donors (Lipinski definition) is 0. The first kappa shape index (κ1) is 18.8. The molecule has 0 radical (unpaired) electrons. The van der Waals surface area contributed by atoms with Crippen LogP contribution in [0.3, 0.4) is 0 Å². The Kier molecular flexibility index (Phi) is 4.99.